The summed E-state index contributed by atoms with van der Waals surface area (Å²) in [6.07, 6.45) is -3.83. The number of halogens is 3. The normalized spacial score (nSPS) is 18.3. The highest BCUT2D eigenvalue weighted by atomic mass is 31.2. The Labute approximate surface area is 134 Å². The molecule has 1 aliphatic heterocycles. The van der Waals surface area contributed by atoms with Crippen molar-refractivity contribution in [2.24, 2.45) is 0 Å². The fourth-order valence-corrected chi connectivity index (χ4v) is 4.05. The van der Waals surface area contributed by atoms with Gasteiger partial charge >= 0.3 is 6.18 Å². The largest absolute Gasteiger partial charge is 0.416 e. The number of nitrogens with zero attached hydrogens (tertiary/aromatic N) is 2. The van der Waals surface area contributed by atoms with Gasteiger partial charge in [-0.15, -0.1) is 0 Å². The van der Waals surface area contributed by atoms with Crippen LogP contribution in [0.4, 0.5) is 18.9 Å². The van der Waals surface area contributed by atoms with Gasteiger partial charge in [0.15, 0.2) is 0 Å². The average Bonchev–Trinajstić information content (AvgIpc) is 2.40. The minimum absolute atomic E-state index is 0.118. The van der Waals surface area contributed by atoms with Gasteiger partial charge in [-0.1, -0.05) is 6.07 Å². The van der Waals surface area contributed by atoms with Crippen LogP contribution in [0.2, 0.25) is 0 Å². The van der Waals surface area contributed by atoms with Gasteiger partial charge in [-0.25, -0.2) is 0 Å². The molecule has 0 saturated carbocycles. The summed E-state index contributed by atoms with van der Waals surface area (Å²) in [5.74, 6) is 0. The van der Waals surface area contributed by atoms with E-state index in [0.717, 1.165) is 19.2 Å². The summed E-state index contributed by atoms with van der Waals surface area (Å²) in [6.45, 7) is 6.54. The van der Waals surface area contributed by atoms with Gasteiger partial charge in [0.2, 0.25) is 0 Å². The SMILES string of the molecule is CP(C)(=O)CN1CCN(Cc2ccc(N)cc2C(F)(F)F)CC1. The zero-order valence-electron chi connectivity index (χ0n) is 13.4. The second kappa shape index (κ2) is 6.83. The summed E-state index contributed by atoms with van der Waals surface area (Å²) >= 11 is 0. The van der Waals surface area contributed by atoms with Crippen molar-refractivity contribution < 1.29 is 17.7 Å². The molecule has 1 saturated heterocycles. The van der Waals surface area contributed by atoms with Crippen LogP contribution in [-0.4, -0.2) is 55.6 Å². The van der Waals surface area contributed by atoms with E-state index in [1.165, 1.54) is 12.1 Å². The van der Waals surface area contributed by atoms with Gasteiger partial charge in [0.05, 0.1) is 19.0 Å². The minimum atomic E-state index is -4.40. The van der Waals surface area contributed by atoms with Gasteiger partial charge in [0, 0.05) is 38.4 Å². The van der Waals surface area contributed by atoms with Crippen LogP contribution in [0.3, 0.4) is 0 Å². The first-order chi connectivity index (χ1) is 10.5. The predicted molar refractivity (Wildman–Crippen MR) is 87.0 cm³/mol. The molecule has 0 aromatic heterocycles. The maximum absolute atomic E-state index is 13.1. The highest BCUT2D eigenvalue weighted by Gasteiger charge is 2.34. The highest BCUT2D eigenvalue weighted by Crippen LogP contribution is 2.37. The van der Waals surface area contributed by atoms with Gasteiger partial charge in [-0.3, -0.25) is 9.80 Å². The first-order valence-corrected chi connectivity index (χ1v) is 10.3. The van der Waals surface area contributed by atoms with Gasteiger partial charge in [-0.05, 0) is 31.0 Å². The Balaban J connectivity index is 2.01. The molecule has 0 unspecified atom stereocenters. The molecule has 23 heavy (non-hydrogen) atoms. The minimum Gasteiger partial charge on any atom is -0.399 e. The van der Waals surface area contributed by atoms with Crippen molar-refractivity contribution in [3.63, 3.8) is 0 Å². The van der Waals surface area contributed by atoms with E-state index >= 15 is 0 Å². The lowest BCUT2D eigenvalue weighted by molar-refractivity contribution is -0.138. The number of benzene rings is 1. The molecule has 0 atom stereocenters. The second-order valence-corrected chi connectivity index (χ2v) is 9.95. The molecule has 0 amide bonds. The molecule has 0 aliphatic carbocycles. The van der Waals surface area contributed by atoms with E-state index in [-0.39, 0.29) is 17.8 Å². The molecule has 1 aromatic rings. The van der Waals surface area contributed by atoms with Crippen molar-refractivity contribution in [1.29, 1.82) is 0 Å². The van der Waals surface area contributed by atoms with Crippen molar-refractivity contribution in [3.8, 4) is 0 Å². The molecule has 0 radical (unpaired) electrons. The number of piperazine rings is 1. The molecule has 1 aliphatic rings. The molecule has 1 aromatic carbocycles. The monoisotopic (exact) mass is 349 g/mol. The van der Waals surface area contributed by atoms with Crippen LogP contribution >= 0.6 is 7.14 Å². The molecular formula is C15H23F3N3OP. The average molecular weight is 349 g/mol. The van der Waals surface area contributed by atoms with E-state index in [1.54, 1.807) is 13.3 Å². The number of hydrogen-bond acceptors (Lipinski definition) is 4. The summed E-state index contributed by atoms with van der Waals surface area (Å²) < 4.78 is 51.2. The first kappa shape index (κ1) is 18.3. The van der Waals surface area contributed by atoms with Crippen molar-refractivity contribution >= 4 is 12.8 Å². The molecule has 1 fully saturated rings. The molecule has 0 bridgehead atoms. The lowest BCUT2D eigenvalue weighted by Gasteiger charge is -2.35. The van der Waals surface area contributed by atoms with Crippen LogP contribution in [0, 0.1) is 0 Å². The Morgan fingerprint density at radius 2 is 1.70 bits per heavy atom. The Kier molecular flexibility index (Phi) is 5.44. The van der Waals surface area contributed by atoms with Crippen LogP contribution in [0.25, 0.3) is 0 Å². The van der Waals surface area contributed by atoms with Crippen molar-refractivity contribution in [2.75, 3.05) is 51.5 Å². The van der Waals surface area contributed by atoms with Gasteiger partial charge in [0.25, 0.3) is 0 Å². The molecule has 2 rings (SSSR count). The highest BCUT2D eigenvalue weighted by molar-refractivity contribution is 7.62. The second-order valence-electron chi connectivity index (χ2n) is 6.52. The van der Waals surface area contributed by atoms with Gasteiger partial charge < -0.3 is 10.3 Å². The topological polar surface area (TPSA) is 49.6 Å². The molecule has 2 N–H and O–H groups in total. The molecular weight excluding hydrogens is 326 g/mol. The molecule has 0 spiro atoms. The Hall–Kier alpha value is -1.04. The summed E-state index contributed by atoms with van der Waals surface area (Å²) in [6, 6.07) is 3.96. The number of nitrogen functional groups attached to an aromatic ring is 1. The maximum atomic E-state index is 13.1. The Morgan fingerprint density at radius 1 is 1.13 bits per heavy atom. The molecule has 4 nitrogen and oxygen atoms in total. The fraction of sp³-hybridized carbons (Fsp3) is 0.600. The van der Waals surface area contributed by atoms with Crippen LogP contribution in [0.15, 0.2) is 18.2 Å². The molecule has 1 heterocycles. The number of anilines is 1. The van der Waals surface area contributed by atoms with Gasteiger partial charge in [-0.2, -0.15) is 13.2 Å². The summed E-state index contributed by atoms with van der Waals surface area (Å²) in [5, 5.41) is 0. The fourth-order valence-electron chi connectivity index (χ4n) is 2.81. The summed E-state index contributed by atoms with van der Waals surface area (Å²) in [4.78, 5) is 4.11. The van der Waals surface area contributed by atoms with Crippen LogP contribution in [0.1, 0.15) is 11.1 Å². The number of rotatable bonds is 4. The molecule has 130 valence electrons. The lowest BCUT2D eigenvalue weighted by Crippen LogP contribution is -2.46. The predicted octanol–water partition coefficient (Wildman–Crippen LogP) is 2.99. The maximum Gasteiger partial charge on any atom is 0.416 e. The van der Waals surface area contributed by atoms with Crippen molar-refractivity contribution in [2.45, 2.75) is 12.7 Å². The third-order valence-electron chi connectivity index (χ3n) is 3.84. The van der Waals surface area contributed by atoms with Crippen LogP contribution in [0.5, 0.6) is 0 Å². The van der Waals surface area contributed by atoms with Crippen LogP contribution < -0.4 is 5.73 Å². The number of nitrogens with two attached hydrogens (primary N) is 1. The van der Waals surface area contributed by atoms with E-state index in [1.807, 2.05) is 4.90 Å². The number of hydrogen-bond donors (Lipinski definition) is 1. The van der Waals surface area contributed by atoms with E-state index in [4.69, 9.17) is 5.73 Å². The zero-order valence-corrected chi connectivity index (χ0v) is 14.3. The van der Waals surface area contributed by atoms with Crippen molar-refractivity contribution in [3.05, 3.63) is 29.3 Å². The Morgan fingerprint density at radius 3 is 2.22 bits per heavy atom. The quantitative estimate of drug-likeness (QED) is 0.671. The summed E-state index contributed by atoms with van der Waals surface area (Å²) in [7, 11) is -2.11. The first-order valence-electron chi connectivity index (χ1n) is 7.49. The van der Waals surface area contributed by atoms with Crippen LogP contribution in [-0.2, 0) is 17.3 Å². The summed E-state index contributed by atoms with van der Waals surface area (Å²) in [5.41, 5.74) is 5.19. The molecule has 8 heteroatoms. The van der Waals surface area contributed by atoms with Gasteiger partial charge in [0.1, 0.15) is 0 Å². The zero-order chi connectivity index (χ0) is 17.3. The third kappa shape index (κ3) is 5.52. The van der Waals surface area contributed by atoms with E-state index < -0.39 is 18.9 Å². The third-order valence-corrected chi connectivity index (χ3v) is 4.92. The lowest BCUT2D eigenvalue weighted by atomic mass is 10.1. The Bertz CT molecular complexity index is 592. The smallest absolute Gasteiger partial charge is 0.399 e. The van der Waals surface area contributed by atoms with E-state index in [0.29, 0.717) is 19.4 Å². The van der Waals surface area contributed by atoms with Crippen molar-refractivity contribution in [1.82, 2.24) is 9.80 Å². The van der Waals surface area contributed by atoms with E-state index in [9.17, 15) is 17.7 Å². The number of alkyl halides is 3. The standard InChI is InChI=1S/C15H23F3N3OP/c1-23(2,22)11-21-7-5-20(6-8-21)10-12-3-4-13(19)9-14(12)15(16,17)18/h3-4,9H,5-8,10-11,19H2,1-2H3. The van der Waals surface area contributed by atoms with E-state index in [2.05, 4.69) is 4.90 Å².